The first kappa shape index (κ1) is 16.1. The summed E-state index contributed by atoms with van der Waals surface area (Å²) in [5.41, 5.74) is 0.307. The highest BCUT2D eigenvalue weighted by atomic mass is 19.3. The Balaban J connectivity index is 1.92. The van der Waals surface area contributed by atoms with Crippen molar-refractivity contribution < 1.29 is 18.4 Å². The average Bonchev–Trinajstić information content (AvgIpc) is 2.56. The topological polar surface area (TPSA) is 68.5 Å². The van der Waals surface area contributed by atoms with Gasteiger partial charge in [-0.15, -0.1) is 0 Å². The third-order valence-electron chi connectivity index (χ3n) is 3.84. The molecule has 0 atom stereocenters. The minimum absolute atomic E-state index is 0.104. The van der Waals surface area contributed by atoms with Crippen LogP contribution >= 0.6 is 0 Å². The predicted molar refractivity (Wildman–Crippen MR) is 83.8 cm³/mol. The molecule has 0 saturated carbocycles. The molecule has 1 aromatic carbocycles. The summed E-state index contributed by atoms with van der Waals surface area (Å²) in [6.07, 6.45) is 0.972. The van der Waals surface area contributed by atoms with E-state index in [9.17, 15) is 18.9 Å². The van der Waals surface area contributed by atoms with E-state index in [0.717, 1.165) is 0 Å². The van der Waals surface area contributed by atoms with Crippen LogP contribution in [0.25, 0.3) is 0 Å². The number of alkyl halides is 2. The molecule has 0 amide bonds. The first-order valence-corrected chi connectivity index (χ1v) is 7.45. The van der Waals surface area contributed by atoms with Crippen LogP contribution in [0.3, 0.4) is 0 Å². The largest absolute Gasteiger partial charge is 0.437 e. The highest BCUT2D eigenvalue weighted by Gasteiger charge is 2.35. The Bertz CT molecular complexity index is 731. The summed E-state index contributed by atoms with van der Waals surface area (Å²) in [4.78, 5) is 16.2. The van der Waals surface area contributed by atoms with Crippen LogP contribution in [0.5, 0.6) is 11.6 Å². The summed E-state index contributed by atoms with van der Waals surface area (Å²) < 4.78 is 32.4. The number of pyridine rings is 1. The van der Waals surface area contributed by atoms with Crippen molar-refractivity contribution in [1.29, 1.82) is 0 Å². The van der Waals surface area contributed by atoms with E-state index < -0.39 is 10.8 Å². The van der Waals surface area contributed by atoms with Crippen molar-refractivity contribution in [2.45, 2.75) is 18.8 Å². The van der Waals surface area contributed by atoms with Gasteiger partial charge in [-0.2, -0.15) is 0 Å². The number of ether oxygens (including phenoxy) is 1. The van der Waals surface area contributed by atoms with Gasteiger partial charge in [-0.25, -0.2) is 13.8 Å². The van der Waals surface area contributed by atoms with Gasteiger partial charge in [0.05, 0.1) is 10.6 Å². The number of nitrogens with zero attached hydrogens (tertiary/aromatic N) is 3. The van der Waals surface area contributed by atoms with Gasteiger partial charge >= 0.3 is 0 Å². The van der Waals surface area contributed by atoms with Gasteiger partial charge in [-0.3, -0.25) is 10.1 Å². The molecule has 24 heavy (non-hydrogen) atoms. The molecule has 1 aromatic heterocycles. The van der Waals surface area contributed by atoms with Crippen LogP contribution in [0.1, 0.15) is 12.8 Å². The lowest BCUT2D eigenvalue weighted by Gasteiger charge is -2.34. The van der Waals surface area contributed by atoms with Crippen LogP contribution in [0.2, 0.25) is 0 Å². The van der Waals surface area contributed by atoms with Crippen molar-refractivity contribution in [3.05, 3.63) is 52.7 Å². The first-order chi connectivity index (χ1) is 11.4. The zero-order valence-electron chi connectivity index (χ0n) is 12.7. The number of rotatable bonds is 4. The molecule has 2 aromatic rings. The number of hydrogen-bond donors (Lipinski definition) is 0. The number of halogens is 2. The van der Waals surface area contributed by atoms with Crippen LogP contribution < -0.4 is 9.64 Å². The van der Waals surface area contributed by atoms with Gasteiger partial charge in [0.1, 0.15) is 0 Å². The van der Waals surface area contributed by atoms with Crippen molar-refractivity contribution in [2.75, 3.05) is 18.0 Å². The van der Waals surface area contributed by atoms with E-state index in [0.29, 0.717) is 17.3 Å². The monoisotopic (exact) mass is 335 g/mol. The Labute approximate surface area is 136 Å². The Morgan fingerprint density at radius 1 is 1.21 bits per heavy atom. The maximum Gasteiger partial charge on any atom is 0.271 e. The number of benzene rings is 1. The fourth-order valence-electron chi connectivity index (χ4n) is 2.55. The van der Waals surface area contributed by atoms with Gasteiger partial charge < -0.3 is 9.64 Å². The predicted octanol–water partition coefficient (Wildman–Crippen LogP) is 4.02. The standard InChI is InChI=1S/C16H15F2N3O3/c17-16(18)6-9-20(10-7-16)13-11-12(21(22)23)4-5-14(13)24-15-3-1-2-8-19-15/h1-5,8,11H,6-7,9-10H2. The summed E-state index contributed by atoms with van der Waals surface area (Å²) in [5, 5.41) is 11.0. The van der Waals surface area contributed by atoms with Crippen molar-refractivity contribution in [1.82, 2.24) is 4.98 Å². The molecular weight excluding hydrogens is 320 g/mol. The Morgan fingerprint density at radius 2 is 1.96 bits per heavy atom. The van der Waals surface area contributed by atoms with E-state index >= 15 is 0 Å². The third-order valence-corrected chi connectivity index (χ3v) is 3.84. The van der Waals surface area contributed by atoms with Crippen LogP contribution in [0.4, 0.5) is 20.2 Å². The van der Waals surface area contributed by atoms with E-state index in [4.69, 9.17) is 4.74 Å². The van der Waals surface area contributed by atoms with Gasteiger partial charge in [0.25, 0.3) is 11.6 Å². The molecule has 0 radical (unpaired) electrons. The first-order valence-electron chi connectivity index (χ1n) is 7.45. The number of anilines is 1. The van der Waals surface area contributed by atoms with Crippen LogP contribution in [-0.4, -0.2) is 28.9 Å². The second-order valence-electron chi connectivity index (χ2n) is 5.52. The normalized spacial score (nSPS) is 16.7. The fraction of sp³-hybridized carbons (Fsp3) is 0.312. The maximum atomic E-state index is 13.4. The summed E-state index contributed by atoms with van der Waals surface area (Å²) in [7, 11) is 0. The van der Waals surface area contributed by atoms with Gasteiger partial charge in [0.15, 0.2) is 5.75 Å². The molecule has 0 unspecified atom stereocenters. The lowest BCUT2D eigenvalue weighted by atomic mass is 10.1. The van der Waals surface area contributed by atoms with E-state index in [-0.39, 0.29) is 31.6 Å². The van der Waals surface area contributed by atoms with Gasteiger partial charge in [-0.1, -0.05) is 6.07 Å². The number of piperidine rings is 1. The molecule has 0 N–H and O–H groups in total. The Morgan fingerprint density at radius 3 is 2.58 bits per heavy atom. The van der Waals surface area contributed by atoms with Gasteiger partial charge in [0.2, 0.25) is 5.88 Å². The molecule has 0 bridgehead atoms. The second-order valence-corrected chi connectivity index (χ2v) is 5.52. The van der Waals surface area contributed by atoms with Crippen LogP contribution in [0, 0.1) is 10.1 Å². The summed E-state index contributed by atoms with van der Waals surface area (Å²) in [5.74, 6) is -2.02. The number of aromatic nitrogens is 1. The zero-order valence-corrected chi connectivity index (χ0v) is 12.7. The molecule has 8 heteroatoms. The highest BCUT2D eigenvalue weighted by Crippen LogP contribution is 2.38. The van der Waals surface area contributed by atoms with Crippen molar-refractivity contribution in [3.63, 3.8) is 0 Å². The summed E-state index contributed by atoms with van der Waals surface area (Å²) in [6.45, 7) is 0.208. The zero-order chi connectivity index (χ0) is 17.2. The van der Waals surface area contributed by atoms with E-state index in [1.165, 1.54) is 18.2 Å². The fourth-order valence-corrected chi connectivity index (χ4v) is 2.55. The number of nitro groups is 1. The molecule has 1 aliphatic rings. The summed E-state index contributed by atoms with van der Waals surface area (Å²) in [6, 6.07) is 9.26. The van der Waals surface area contributed by atoms with E-state index in [2.05, 4.69) is 4.98 Å². The quantitative estimate of drug-likeness (QED) is 0.623. The number of nitro benzene ring substituents is 1. The van der Waals surface area contributed by atoms with Crippen LogP contribution in [-0.2, 0) is 0 Å². The lowest BCUT2D eigenvalue weighted by molar-refractivity contribution is -0.384. The van der Waals surface area contributed by atoms with Gasteiger partial charge in [-0.05, 0) is 12.1 Å². The minimum atomic E-state index is -2.70. The molecule has 1 aliphatic heterocycles. The maximum absolute atomic E-state index is 13.4. The molecule has 6 nitrogen and oxygen atoms in total. The number of hydrogen-bond acceptors (Lipinski definition) is 5. The minimum Gasteiger partial charge on any atom is -0.437 e. The van der Waals surface area contributed by atoms with E-state index in [1.54, 1.807) is 29.3 Å². The summed E-state index contributed by atoms with van der Waals surface area (Å²) >= 11 is 0. The lowest BCUT2D eigenvalue weighted by Crippen LogP contribution is -2.39. The molecule has 0 aliphatic carbocycles. The van der Waals surface area contributed by atoms with Gasteiger partial charge in [0, 0.05) is 50.3 Å². The van der Waals surface area contributed by atoms with Crippen molar-refractivity contribution >= 4 is 11.4 Å². The molecule has 1 fully saturated rings. The average molecular weight is 335 g/mol. The molecule has 2 heterocycles. The smallest absolute Gasteiger partial charge is 0.271 e. The van der Waals surface area contributed by atoms with Crippen molar-refractivity contribution in [3.8, 4) is 11.6 Å². The third kappa shape index (κ3) is 3.58. The Kier molecular flexibility index (Phi) is 4.28. The number of non-ortho nitro benzene ring substituents is 1. The molecule has 126 valence electrons. The highest BCUT2D eigenvalue weighted by molar-refractivity contribution is 5.64. The van der Waals surface area contributed by atoms with Crippen molar-refractivity contribution in [2.24, 2.45) is 0 Å². The molecular formula is C16H15F2N3O3. The Hall–Kier alpha value is -2.77. The molecule has 3 rings (SSSR count). The SMILES string of the molecule is O=[N+]([O-])c1ccc(Oc2ccccn2)c(N2CCC(F)(F)CC2)c1. The second kappa shape index (κ2) is 6.38. The molecule has 1 saturated heterocycles. The van der Waals surface area contributed by atoms with Crippen LogP contribution in [0.15, 0.2) is 42.6 Å². The van der Waals surface area contributed by atoms with E-state index in [1.807, 2.05) is 0 Å². The molecule has 0 spiro atoms.